The van der Waals surface area contributed by atoms with Gasteiger partial charge in [-0.25, -0.2) is 9.37 Å². The lowest BCUT2D eigenvalue weighted by molar-refractivity contribution is 0.0859. The predicted molar refractivity (Wildman–Crippen MR) is 82.4 cm³/mol. The summed E-state index contributed by atoms with van der Waals surface area (Å²) in [5.74, 6) is -0.971. The highest BCUT2D eigenvalue weighted by Crippen LogP contribution is 2.31. The molecule has 5 nitrogen and oxygen atoms in total. The number of imidazole rings is 1. The molecule has 0 saturated carbocycles. The van der Waals surface area contributed by atoms with Crippen LogP contribution in [0, 0.1) is 5.82 Å². The maximum Gasteiger partial charge on any atom is 0.254 e. The summed E-state index contributed by atoms with van der Waals surface area (Å²) in [5.41, 5.74) is 2.92. The Labute approximate surface area is 131 Å². The van der Waals surface area contributed by atoms with Gasteiger partial charge < -0.3 is 15.4 Å². The van der Waals surface area contributed by atoms with E-state index in [1.165, 1.54) is 12.4 Å². The van der Waals surface area contributed by atoms with Gasteiger partial charge in [0.15, 0.2) is 0 Å². The molecule has 0 fully saturated rings. The van der Waals surface area contributed by atoms with Crippen molar-refractivity contribution in [3.63, 3.8) is 0 Å². The molecule has 3 N–H and O–H groups in total. The molecule has 2 unspecified atom stereocenters. The Morgan fingerprint density at radius 2 is 2.17 bits per heavy atom. The number of aromatic amines is 1. The van der Waals surface area contributed by atoms with Gasteiger partial charge in [0, 0.05) is 6.42 Å². The van der Waals surface area contributed by atoms with Crippen LogP contribution in [0.4, 0.5) is 4.39 Å². The second kappa shape index (κ2) is 5.17. The van der Waals surface area contributed by atoms with Crippen LogP contribution in [0.15, 0.2) is 42.7 Å². The highest BCUT2D eigenvalue weighted by atomic mass is 19.1. The highest BCUT2D eigenvalue weighted by Gasteiger charge is 2.32. The number of aliphatic hydroxyl groups excluding tert-OH is 1. The van der Waals surface area contributed by atoms with Gasteiger partial charge in [-0.2, -0.15) is 0 Å². The molecular formula is C17H14FN3O2. The van der Waals surface area contributed by atoms with E-state index in [1.54, 1.807) is 0 Å². The van der Waals surface area contributed by atoms with Gasteiger partial charge in [0.25, 0.3) is 5.91 Å². The van der Waals surface area contributed by atoms with Crippen molar-refractivity contribution in [1.29, 1.82) is 0 Å². The first-order valence-corrected chi connectivity index (χ1v) is 7.33. The summed E-state index contributed by atoms with van der Waals surface area (Å²) in [6, 6.07) is 9.52. The molecular weight excluding hydrogens is 297 g/mol. The number of carbonyl (C=O) groups is 1. The molecule has 1 aromatic heterocycles. The Balaban J connectivity index is 1.69. The van der Waals surface area contributed by atoms with Crippen molar-refractivity contribution in [1.82, 2.24) is 15.3 Å². The Bertz CT molecular complexity index is 906. The molecule has 4 rings (SSSR count). The van der Waals surface area contributed by atoms with Gasteiger partial charge in [-0.3, -0.25) is 4.79 Å². The number of fused-ring (bicyclic) bond motifs is 2. The van der Waals surface area contributed by atoms with Crippen molar-refractivity contribution in [3.8, 4) is 0 Å². The zero-order valence-electron chi connectivity index (χ0n) is 12.1. The molecule has 2 atom stereocenters. The zero-order valence-corrected chi connectivity index (χ0v) is 12.1. The topological polar surface area (TPSA) is 78.0 Å². The van der Waals surface area contributed by atoms with Gasteiger partial charge in [-0.15, -0.1) is 0 Å². The number of benzene rings is 2. The van der Waals surface area contributed by atoms with Crippen molar-refractivity contribution in [2.45, 2.75) is 18.6 Å². The SMILES string of the molecule is O=C(NC1c2ccccc2CC1O)c1cc(F)cc2[nH]cnc12. The van der Waals surface area contributed by atoms with Crippen LogP contribution >= 0.6 is 0 Å². The Kier molecular flexibility index (Phi) is 3.12. The fraction of sp³-hybridized carbons (Fsp3) is 0.176. The van der Waals surface area contributed by atoms with Crippen LogP contribution in [0.2, 0.25) is 0 Å². The van der Waals surface area contributed by atoms with E-state index in [0.717, 1.165) is 17.2 Å². The van der Waals surface area contributed by atoms with Gasteiger partial charge in [0.05, 0.1) is 29.6 Å². The van der Waals surface area contributed by atoms with Crippen LogP contribution in [0.25, 0.3) is 11.0 Å². The number of aliphatic hydroxyl groups is 1. The van der Waals surface area contributed by atoms with E-state index < -0.39 is 23.9 Å². The predicted octanol–water partition coefficient (Wildman–Crippen LogP) is 2.09. The molecule has 116 valence electrons. The fourth-order valence-electron chi connectivity index (χ4n) is 3.15. The minimum absolute atomic E-state index is 0.151. The first kappa shape index (κ1) is 13.9. The summed E-state index contributed by atoms with van der Waals surface area (Å²) in [7, 11) is 0. The lowest BCUT2D eigenvalue weighted by Gasteiger charge is -2.18. The quantitative estimate of drug-likeness (QED) is 0.678. The summed E-state index contributed by atoms with van der Waals surface area (Å²) >= 11 is 0. The summed E-state index contributed by atoms with van der Waals surface area (Å²) in [6.07, 6.45) is 1.21. The summed E-state index contributed by atoms with van der Waals surface area (Å²) < 4.78 is 13.7. The molecule has 0 radical (unpaired) electrons. The van der Waals surface area contributed by atoms with Crippen LogP contribution in [0.1, 0.15) is 27.5 Å². The maximum absolute atomic E-state index is 13.7. The van der Waals surface area contributed by atoms with E-state index in [9.17, 15) is 14.3 Å². The maximum atomic E-state index is 13.7. The van der Waals surface area contributed by atoms with Gasteiger partial charge in [-0.05, 0) is 23.3 Å². The number of hydrogen-bond donors (Lipinski definition) is 3. The van der Waals surface area contributed by atoms with Crippen molar-refractivity contribution < 1.29 is 14.3 Å². The van der Waals surface area contributed by atoms with E-state index in [-0.39, 0.29) is 5.56 Å². The molecule has 0 aliphatic heterocycles. The number of hydrogen-bond acceptors (Lipinski definition) is 3. The third kappa shape index (κ3) is 2.27. The zero-order chi connectivity index (χ0) is 16.0. The van der Waals surface area contributed by atoms with Crippen molar-refractivity contribution in [2.75, 3.05) is 0 Å². The standard InChI is InChI=1S/C17H14FN3O2/c18-10-6-12(15-13(7-10)19-8-20-15)17(23)21-16-11-4-2-1-3-9(11)5-14(16)22/h1-4,6-8,14,16,22H,5H2,(H,19,20)(H,21,23). The lowest BCUT2D eigenvalue weighted by Crippen LogP contribution is -2.34. The first-order chi connectivity index (χ1) is 11.1. The molecule has 3 aromatic rings. The number of carbonyl (C=O) groups excluding carboxylic acids is 1. The second-order valence-corrected chi connectivity index (χ2v) is 5.67. The minimum atomic E-state index is -0.695. The molecule has 0 bridgehead atoms. The Morgan fingerprint density at radius 1 is 1.35 bits per heavy atom. The summed E-state index contributed by atoms with van der Waals surface area (Å²) in [5, 5.41) is 13.0. The van der Waals surface area contributed by atoms with Crippen LogP contribution in [0.3, 0.4) is 0 Å². The molecule has 1 heterocycles. The fourth-order valence-corrected chi connectivity index (χ4v) is 3.15. The number of aromatic nitrogens is 2. The molecule has 1 aliphatic rings. The summed E-state index contributed by atoms with van der Waals surface area (Å²) in [6.45, 7) is 0. The van der Waals surface area contributed by atoms with Gasteiger partial charge >= 0.3 is 0 Å². The average molecular weight is 311 g/mol. The van der Waals surface area contributed by atoms with E-state index in [2.05, 4.69) is 15.3 Å². The van der Waals surface area contributed by atoms with Gasteiger partial charge in [0.2, 0.25) is 0 Å². The number of amides is 1. The number of nitrogens with zero attached hydrogens (tertiary/aromatic N) is 1. The van der Waals surface area contributed by atoms with Crippen LogP contribution < -0.4 is 5.32 Å². The highest BCUT2D eigenvalue weighted by molar-refractivity contribution is 6.05. The van der Waals surface area contributed by atoms with Crippen molar-refractivity contribution >= 4 is 16.9 Å². The molecule has 1 amide bonds. The number of nitrogens with one attached hydrogen (secondary N) is 2. The molecule has 0 saturated heterocycles. The van der Waals surface area contributed by atoms with E-state index >= 15 is 0 Å². The minimum Gasteiger partial charge on any atom is -0.390 e. The normalized spacial score (nSPS) is 19.7. The van der Waals surface area contributed by atoms with E-state index in [0.29, 0.717) is 17.5 Å². The third-order valence-electron chi connectivity index (χ3n) is 4.22. The van der Waals surface area contributed by atoms with E-state index in [1.807, 2.05) is 24.3 Å². The summed E-state index contributed by atoms with van der Waals surface area (Å²) in [4.78, 5) is 19.4. The molecule has 6 heteroatoms. The monoisotopic (exact) mass is 311 g/mol. The Morgan fingerprint density at radius 3 is 3.04 bits per heavy atom. The second-order valence-electron chi connectivity index (χ2n) is 5.67. The van der Waals surface area contributed by atoms with Gasteiger partial charge in [-0.1, -0.05) is 24.3 Å². The van der Waals surface area contributed by atoms with Crippen LogP contribution in [0.5, 0.6) is 0 Å². The number of H-pyrrole nitrogens is 1. The van der Waals surface area contributed by atoms with E-state index in [4.69, 9.17) is 0 Å². The molecule has 0 spiro atoms. The van der Waals surface area contributed by atoms with Gasteiger partial charge in [0.1, 0.15) is 11.3 Å². The van der Waals surface area contributed by atoms with Crippen molar-refractivity contribution in [3.05, 3.63) is 65.2 Å². The van der Waals surface area contributed by atoms with Crippen LogP contribution in [-0.2, 0) is 6.42 Å². The molecule has 1 aliphatic carbocycles. The number of halogens is 1. The smallest absolute Gasteiger partial charge is 0.254 e. The number of rotatable bonds is 2. The average Bonchev–Trinajstić information content (AvgIpc) is 3.11. The van der Waals surface area contributed by atoms with Crippen molar-refractivity contribution in [2.24, 2.45) is 0 Å². The van der Waals surface area contributed by atoms with Crippen LogP contribution in [-0.4, -0.2) is 27.1 Å². The molecule has 2 aromatic carbocycles. The first-order valence-electron chi connectivity index (χ1n) is 7.33. The molecule has 23 heavy (non-hydrogen) atoms. The lowest BCUT2D eigenvalue weighted by atomic mass is 10.1. The Hall–Kier alpha value is -2.73. The third-order valence-corrected chi connectivity index (χ3v) is 4.22. The largest absolute Gasteiger partial charge is 0.390 e.